The molecule has 0 radical (unpaired) electrons. The molecule has 1 aliphatic rings. The van der Waals surface area contributed by atoms with Gasteiger partial charge >= 0.3 is 0 Å². The fourth-order valence-corrected chi connectivity index (χ4v) is 3.30. The molecule has 2 rings (SSSR count). The third-order valence-corrected chi connectivity index (χ3v) is 4.26. The van der Waals surface area contributed by atoms with E-state index in [1.165, 1.54) is 6.42 Å². The Kier molecular flexibility index (Phi) is 5.49. The van der Waals surface area contributed by atoms with E-state index in [9.17, 15) is 8.78 Å². The number of nitrogens with two attached hydrogens (primary N) is 1. The summed E-state index contributed by atoms with van der Waals surface area (Å²) in [5.41, 5.74) is 6.28. The van der Waals surface area contributed by atoms with Crippen molar-refractivity contribution < 1.29 is 8.78 Å². The minimum absolute atomic E-state index is 0.220. The molecular formula is C16H24F2N2. The van der Waals surface area contributed by atoms with Crippen LogP contribution in [0.15, 0.2) is 18.2 Å². The number of nitrogens with zero attached hydrogens (tertiary/aromatic N) is 1. The second-order valence-corrected chi connectivity index (χ2v) is 5.57. The van der Waals surface area contributed by atoms with E-state index in [0.717, 1.165) is 38.3 Å². The summed E-state index contributed by atoms with van der Waals surface area (Å²) >= 11 is 0. The van der Waals surface area contributed by atoms with Gasteiger partial charge in [0, 0.05) is 18.2 Å². The maximum absolute atomic E-state index is 14.0. The summed E-state index contributed by atoms with van der Waals surface area (Å²) in [5.74, 6) is -1.53. The van der Waals surface area contributed by atoms with Gasteiger partial charge in [-0.2, -0.15) is 0 Å². The molecule has 2 N–H and O–H groups in total. The molecule has 2 unspecified atom stereocenters. The normalized spacial score (nSPS) is 21.9. The van der Waals surface area contributed by atoms with E-state index in [-0.39, 0.29) is 6.04 Å². The number of halogens is 2. The van der Waals surface area contributed by atoms with Crippen LogP contribution in [0.25, 0.3) is 0 Å². The highest BCUT2D eigenvalue weighted by atomic mass is 19.2. The lowest BCUT2D eigenvalue weighted by Gasteiger charge is -2.41. The molecule has 2 nitrogen and oxygen atoms in total. The van der Waals surface area contributed by atoms with E-state index in [1.54, 1.807) is 12.1 Å². The Morgan fingerprint density at radius 2 is 2.15 bits per heavy atom. The van der Waals surface area contributed by atoms with Gasteiger partial charge in [-0.3, -0.25) is 4.90 Å². The van der Waals surface area contributed by atoms with Crippen LogP contribution in [0.4, 0.5) is 8.78 Å². The van der Waals surface area contributed by atoms with E-state index < -0.39 is 11.6 Å². The van der Waals surface area contributed by atoms with Crippen LogP contribution in [0, 0.1) is 11.6 Å². The van der Waals surface area contributed by atoms with Crippen molar-refractivity contribution in [3.63, 3.8) is 0 Å². The van der Waals surface area contributed by atoms with Crippen molar-refractivity contribution >= 4 is 0 Å². The standard InChI is InChI=1S/C16H24F2N2/c1-2-6-12-7-3-4-10-20(12)15(11-19)13-8-5-9-14(17)16(13)18/h5,8-9,12,15H,2-4,6-7,10-11,19H2,1H3. The van der Waals surface area contributed by atoms with Crippen molar-refractivity contribution in [3.05, 3.63) is 35.4 Å². The van der Waals surface area contributed by atoms with Crippen LogP contribution in [0.5, 0.6) is 0 Å². The third-order valence-electron chi connectivity index (χ3n) is 4.26. The van der Waals surface area contributed by atoms with Gasteiger partial charge in [0.25, 0.3) is 0 Å². The maximum Gasteiger partial charge on any atom is 0.163 e. The van der Waals surface area contributed by atoms with Crippen LogP contribution in [0.3, 0.4) is 0 Å². The molecule has 4 heteroatoms. The van der Waals surface area contributed by atoms with E-state index >= 15 is 0 Å². The van der Waals surface area contributed by atoms with Crippen molar-refractivity contribution in [2.75, 3.05) is 13.1 Å². The first kappa shape index (κ1) is 15.4. The highest BCUT2D eigenvalue weighted by Crippen LogP contribution is 2.31. The van der Waals surface area contributed by atoms with E-state index in [1.807, 2.05) is 0 Å². The molecule has 1 aromatic rings. The highest BCUT2D eigenvalue weighted by Gasteiger charge is 2.30. The largest absolute Gasteiger partial charge is 0.329 e. The Labute approximate surface area is 120 Å². The van der Waals surface area contributed by atoms with Crippen molar-refractivity contribution in [2.24, 2.45) is 5.73 Å². The van der Waals surface area contributed by atoms with E-state index in [2.05, 4.69) is 11.8 Å². The minimum Gasteiger partial charge on any atom is -0.329 e. The summed E-state index contributed by atoms with van der Waals surface area (Å²) in [6.07, 6.45) is 5.64. The van der Waals surface area contributed by atoms with Crippen molar-refractivity contribution in [3.8, 4) is 0 Å². The topological polar surface area (TPSA) is 29.3 Å². The molecule has 112 valence electrons. The molecule has 1 heterocycles. The summed E-state index contributed by atoms with van der Waals surface area (Å²) < 4.78 is 27.5. The Hall–Kier alpha value is -1.00. The Morgan fingerprint density at radius 1 is 1.35 bits per heavy atom. The molecule has 1 aromatic carbocycles. The zero-order valence-corrected chi connectivity index (χ0v) is 12.1. The van der Waals surface area contributed by atoms with Gasteiger partial charge in [0.1, 0.15) is 0 Å². The number of hydrogen-bond acceptors (Lipinski definition) is 2. The lowest BCUT2D eigenvalue weighted by molar-refractivity contribution is 0.0890. The third kappa shape index (κ3) is 3.18. The Bertz CT molecular complexity index is 434. The SMILES string of the molecule is CCCC1CCCCN1C(CN)c1cccc(F)c1F. The van der Waals surface area contributed by atoms with Gasteiger partial charge in [0.05, 0.1) is 6.04 Å². The number of rotatable bonds is 5. The summed E-state index contributed by atoms with van der Waals surface area (Å²) in [6.45, 7) is 3.40. The first-order valence-corrected chi connectivity index (χ1v) is 7.58. The lowest BCUT2D eigenvalue weighted by Crippen LogP contribution is -2.44. The van der Waals surface area contributed by atoms with Crippen molar-refractivity contribution in [1.82, 2.24) is 4.90 Å². The van der Waals surface area contributed by atoms with Gasteiger partial charge in [-0.15, -0.1) is 0 Å². The first-order valence-electron chi connectivity index (χ1n) is 7.58. The fourth-order valence-electron chi connectivity index (χ4n) is 3.30. The molecule has 0 bridgehead atoms. The molecule has 0 aromatic heterocycles. The van der Waals surface area contributed by atoms with Crippen LogP contribution in [0.1, 0.15) is 50.6 Å². The van der Waals surface area contributed by atoms with Gasteiger partial charge in [-0.25, -0.2) is 8.78 Å². The molecule has 1 saturated heterocycles. The number of benzene rings is 1. The highest BCUT2D eigenvalue weighted by molar-refractivity contribution is 5.23. The predicted molar refractivity (Wildman–Crippen MR) is 77.4 cm³/mol. The van der Waals surface area contributed by atoms with Gasteiger partial charge in [0.2, 0.25) is 0 Å². The second kappa shape index (κ2) is 7.14. The van der Waals surface area contributed by atoms with E-state index in [4.69, 9.17) is 5.73 Å². The van der Waals surface area contributed by atoms with E-state index in [0.29, 0.717) is 18.2 Å². The van der Waals surface area contributed by atoms with Crippen LogP contribution in [-0.4, -0.2) is 24.0 Å². The van der Waals surface area contributed by atoms with Crippen LogP contribution in [0.2, 0.25) is 0 Å². The monoisotopic (exact) mass is 282 g/mol. The molecule has 20 heavy (non-hydrogen) atoms. The average molecular weight is 282 g/mol. The Morgan fingerprint density at radius 3 is 2.85 bits per heavy atom. The molecule has 2 atom stereocenters. The average Bonchev–Trinajstić information content (AvgIpc) is 2.46. The molecule has 0 saturated carbocycles. The summed E-state index contributed by atoms with van der Waals surface area (Å²) in [7, 11) is 0. The smallest absolute Gasteiger partial charge is 0.163 e. The predicted octanol–water partition coefficient (Wildman–Crippen LogP) is 3.62. The Balaban J connectivity index is 2.27. The lowest BCUT2D eigenvalue weighted by atomic mass is 9.93. The molecule has 1 fully saturated rings. The maximum atomic E-state index is 14.0. The molecule has 0 amide bonds. The van der Waals surface area contributed by atoms with Gasteiger partial charge in [0.15, 0.2) is 11.6 Å². The fraction of sp³-hybridized carbons (Fsp3) is 0.625. The first-order chi connectivity index (χ1) is 9.69. The molecular weight excluding hydrogens is 258 g/mol. The van der Waals surface area contributed by atoms with Gasteiger partial charge in [-0.1, -0.05) is 31.9 Å². The number of piperidine rings is 1. The summed E-state index contributed by atoms with van der Waals surface area (Å²) in [4.78, 5) is 2.28. The molecule has 1 aliphatic heterocycles. The zero-order chi connectivity index (χ0) is 14.5. The van der Waals surface area contributed by atoms with Gasteiger partial charge < -0.3 is 5.73 Å². The number of likely N-dealkylation sites (tertiary alicyclic amines) is 1. The summed E-state index contributed by atoms with van der Waals surface area (Å²) in [5, 5.41) is 0. The second-order valence-electron chi connectivity index (χ2n) is 5.57. The summed E-state index contributed by atoms with van der Waals surface area (Å²) in [6, 6.07) is 4.60. The van der Waals surface area contributed by atoms with Crippen LogP contribution in [-0.2, 0) is 0 Å². The van der Waals surface area contributed by atoms with Crippen LogP contribution < -0.4 is 5.73 Å². The molecule has 0 aliphatic carbocycles. The van der Waals surface area contributed by atoms with Crippen molar-refractivity contribution in [2.45, 2.75) is 51.1 Å². The van der Waals surface area contributed by atoms with Crippen LogP contribution >= 0.6 is 0 Å². The molecule has 0 spiro atoms. The quantitative estimate of drug-likeness (QED) is 0.893. The number of hydrogen-bond donors (Lipinski definition) is 1. The zero-order valence-electron chi connectivity index (χ0n) is 12.1. The van der Waals surface area contributed by atoms with Gasteiger partial charge in [-0.05, 0) is 31.9 Å². The minimum atomic E-state index is -0.787. The van der Waals surface area contributed by atoms with Crippen molar-refractivity contribution in [1.29, 1.82) is 0 Å².